The zero-order valence-corrected chi connectivity index (χ0v) is 10.1. The third kappa shape index (κ3) is 2.92. The molecule has 0 aliphatic rings. The lowest BCUT2D eigenvalue weighted by molar-refractivity contribution is 0.381. The van der Waals surface area contributed by atoms with Crippen LogP contribution in [0.4, 0.5) is 0 Å². The maximum absolute atomic E-state index is 9.57. The predicted molar refractivity (Wildman–Crippen MR) is 66.0 cm³/mol. The van der Waals surface area contributed by atoms with Gasteiger partial charge in [0, 0.05) is 6.54 Å². The molecule has 3 N–H and O–H groups in total. The summed E-state index contributed by atoms with van der Waals surface area (Å²) >= 11 is 0. The molecule has 0 saturated heterocycles. The lowest BCUT2D eigenvalue weighted by atomic mass is 10.3. The van der Waals surface area contributed by atoms with Crippen LogP contribution in [0.1, 0.15) is 6.42 Å². The summed E-state index contributed by atoms with van der Waals surface area (Å²) < 4.78 is 1.83. The Hall–Kier alpha value is -1.66. The van der Waals surface area contributed by atoms with E-state index in [2.05, 4.69) is 15.2 Å². The summed E-state index contributed by atoms with van der Waals surface area (Å²) in [6, 6.07) is 5.36. The molecule has 0 amide bonds. The summed E-state index contributed by atoms with van der Waals surface area (Å²) in [7, 11) is 4.09. The molecule has 0 atom stereocenters. The van der Waals surface area contributed by atoms with Gasteiger partial charge in [-0.15, -0.1) is 5.10 Å². The van der Waals surface area contributed by atoms with E-state index in [-0.39, 0.29) is 11.2 Å². The molecule has 17 heavy (non-hydrogen) atoms. The van der Waals surface area contributed by atoms with E-state index in [1.54, 1.807) is 6.07 Å². The van der Waals surface area contributed by atoms with Crippen LogP contribution in [0.3, 0.4) is 0 Å². The van der Waals surface area contributed by atoms with Crippen LogP contribution in [0.2, 0.25) is 0 Å². The Kier molecular flexibility index (Phi) is 4.42. The number of rotatable bonds is 4. The van der Waals surface area contributed by atoms with Crippen molar-refractivity contribution < 1.29 is 10.6 Å². The van der Waals surface area contributed by atoms with Crippen LogP contribution in [0.15, 0.2) is 18.2 Å². The normalized spacial score (nSPS) is 10.8. The molecule has 94 valence electrons. The number of benzene rings is 1. The van der Waals surface area contributed by atoms with Crippen LogP contribution in [-0.4, -0.2) is 51.1 Å². The predicted octanol–water partition coefficient (Wildman–Crippen LogP) is 0.264. The van der Waals surface area contributed by atoms with E-state index in [0.29, 0.717) is 5.52 Å². The van der Waals surface area contributed by atoms with Crippen LogP contribution in [-0.2, 0) is 6.54 Å². The highest BCUT2D eigenvalue weighted by Gasteiger charge is 2.07. The van der Waals surface area contributed by atoms with E-state index in [4.69, 9.17) is 0 Å². The molecule has 0 aliphatic carbocycles. The number of phenolic OH excluding ortho intramolecular Hbond substituents is 1. The van der Waals surface area contributed by atoms with Crippen molar-refractivity contribution in [3.8, 4) is 5.75 Å². The van der Waals surface area contributed by atoms with Gasteiger partial charge >= 0.3 is 0 Å². The van der Waals surface area contributed by atoms with E-state index in [1.807, 2.05) is 30.9 Å². The van der Waals surface area contributed by atoms with Crippen LogP contribution >= 0.6 is 0 Å². The van der Waals surface area contributed by atoms with Gasteiger partial charge in [-0.25, -0.2) is 4.68 Å². The molecule has 1 heterocycles. The topological polar surface area (TPSA) is 85.7 Å². The minimum Gasteiger partial charge on any atom is -0.506 e. The summed E-state index contributed by atoms with van der Waals surface area (Å²) in [5.41, 5.74) is 1.46. The van der Waals surface area contributed by atoms with Gasteiger partial charge < -0.3 is 15.5 Å². The lowest BCUT2D eigenvalue weighted by Crippen LogP contribution is -2.15. The first-order valence-electron chi connectivity index (χ1n) is 5.34. The number of fused-ring (bicyclic) bond motifs is 1. The van der Waals surface area contributed by atoms with Crippen molar-refractivity contribution in [3.63, 3.8) is 0 Å². The molecule has 0 fully saturated rings. The minimum absolute atomic E-state index is 0. The van der Waals surface area contributed by atoms with Crippen LogP contribution in [0, 0.1) is 0 Å². The fourth-order valence-electron chi connectivity index (χ4n) is 1.68. The Morgan fingerprint density at radius 1 is 1.35 bits per heavy atom. The average molecular weight is 238 g/mol. The number of aromatic hydroxyl groups is 1. The van der Waals surface area contributed by atoms with Crippen LogP contribution in [0.25, 0.3) is 11.0 Å². The smallest absolute Gasteiger partial charge is 0.154 e. The van der Waals surface area contributed by atoms with E-state index in [0.717, 1.165) is 25.0 Å². The van der Waals surface area contributed by atoms with E-state index >= 15 is 0 Å². The van der Waals surface area contributed by atoms with Crippen molar-refractivity contribution >= 4 is 11.0 Å². The Labute approximate surface area is 99.8 Å². The first-order valence-corrected chi connectivity index (χ1v) is 5.34. The van der Waals surface area contributed by atoms with Crippen molar-refractivity contribution in [2.75, 3.05) is 20.6 Å². The molecule has 0 aliphatic heterocycles. The number of hydrogen-bond acceptors (Lipinski definition) is 4. The van der Waals surface area contributed by atoms with E-state index in [9.17, 15) is 5.11 Å². The SMILES string of the molecule is CN(C)CCCn1nnc2c(O)cccc21.O. The summed E-state index contributed by atoms with van der Waals surface area (Å²) in [4.78, 5) is 2.14. The van der Waals surface area contributed by atoms with Gasteiger partial charge in [-0.2, -0.15) is 0 Å². The van der Waals surface area contributed by atoms with Crippen molar-refractivity contribution in [1.82, 2.24) is 19.9 Å². The highest BCUT2D eigenvalue weighted by Crippen LogP contribution is 2.21. The van der Waals surface area contributed by atoms with Gasteiger partial charge in [0.15, 0.2) is 5.52 Å². The van der Waals surface area contributed by atoms with Crippen molar-refractivity contribution in [1.29, 1.82) is 0 Å². The quantitative estimate of drug-likeness (QED) is 0.828. The Morgan fingerprint density at radius 2 is 2.12 bits per heavy atom. The first-order chi connectivity index (χ1) is 7.68. The molecule has 0 unspecified atom stereocenters. The second-order valence-electron chi connectivity index (χ2n) is 4.11. The number of nitrogens with zero attached hydrogens (tertiary/aromatic N) is 4. The fraction of sp³-hybridized carbons (Fsp3) is 0.455. The van der Waals surface area contributed by atoms with Gasteiger partial charge in [0.2, 0.25) is 0 Å². The summed E-state index contributed by atoms with van der Waals surface area (Å²) in [6.45, 7) is 1.83. The van der Waals surface area contributed by atoms with Crippen LogP contribution < -0.4 is 0 Å². The highest BCUT2D eigenvalue weighted by atomic mass is 16.3. The molecule has 1 aromatic carbocycles. The average Bonchev–Trinajstić information content (AvgIpc) is 2.63. The second kappa shape index (κ2) is 5.60. The highest BCUT2D eigenvalue weighted by molar-refractivity contribution is 5.80. The van der Waals surface area contributed by atoms with Gasteiger partial charge in [-0.3, -0.25) is 0 Å². The number of hydrogen-bond donors (Lipinski definition) is 1. The Balaban J connectivity index is 0.00000144. The van der Waals surface area contributed by atoms with Crippen molar-refractivity contribution in [2.24, 2.45) is 0 Å². The van der Waals surface area contributed by atoms with Gasteiger partial charge in [-0.05, 0) is 39.2 Å². The standard InChI is InChI=1S/C11H16N4O.H2O/c1-14(2)7-4-8-15-9-5-3-6-10(16)11(9)12-13-15;/h3,5-6,16H,4,7-8H2,1-2H3;1H2. The summed E-state index contributed by atoms with van der Waals surface area (Å²) in [5, 5.41) is 17.6. The number of aromatic nitrogens is 3. The maximum atomic E-state index is 9.57. The third-order valence-corrected chi connectivity index (χ3v) is 2.50. The van der Waals surface area contributed by atoms with E-state index in [1.165, 1.54) is 0 Å². The van der Waals surface area contributed by atoms with Crippen molar-refractivity contribution in [2.45, 2.75) is 13.0 Å². The lowest BCUT2D eigenvalue weighted by Gasteiger charge is -2.08. The molecule has 6 heteroatoms. The van der Waals surface area contributed by atoms with Gasteiger partial charge in [0.05, 0.1) is 5.52 Å². The zero-order valence-electron chi connectivity index (χ0n) is 10.1. The van der Waals surface area contributed by atoms with Gasteiger partial charge in [0.1, 0.15) is 5.75 Å². The molecular formula is C11H18N4O2. The molecule has 2 aromatic rings. The van der Waals surface area contributed by atoms with Crippen LogP contribution in [0.5, 0.6) is 5.75 Å². The largest absolute Gasteiger partial charge is 0.506 e. The molecule has 0 radical (unpaired) electrons. The molecule has 0 saturated carbocycles. The zero-order chi connectivity index (χ0) is 11.5. The molecule has 1 aromatic heterocycles. The Morgan fingerprint density at radius 3 is 2.82 bits per heavy atom. The third-order valence-electron chi connectivity index (χ3n) is 2.50. The van der Waals surface area contributed by atoms with Gasteiger partial charge in [0.25, 0.3) is 0 Å². The van der Waals surface area contributed by atoms with E-state index < -0.39 is 0 Å². The van der Waals surface area contributed by atoms with Crippen molar-refractivity contribution in [3.05, 3.63) is 18.2 Å². The molecule has 6 nitrogen and oxygen atoms in total. The van der Waals surface area contributed by atoms with Gasteiger partial charge in [-0.1, -0.05) is 11.3 Å². The summed E-state index contributed by atoms with van der Waals surface area (Å²) in [5.74, 6) is 0.191. The molecule has 2 rings (SSSR count). The summed E-state index contributed by atoms with van der Waals surface area (Å²) in [6.07, 6.45) is 1.01. The minimum atomic E-state index is 0. The molecule has 0 bridgehead atoms. The number of phenols is 1. The maximum Gasteiger partial charge on any atom is 0.154 e. The molecular weight excluding hydrogens is 220 g/mol. The first kappa shape index (κ1) is 13.4. The number of aryl methyl sites for hydroxylation is 1. The molecule has 0 spiro atoms. The fourth-order valence-corrected chi connectivity index (χ4v) is 1.68. The second-order valence-corrected chi connectivity index (χ2v) is 4.11. The Bertz CT molecular complexity index is 481. The monoisotopic (exact) mass is 238 g/mol.